The van der Waals surface area contributed by atoms with Gasteiger partial charge in [0.15, 0.2) is 0 Å². The van der Waals surface area contributed by atoms with Crippen molar-refractivity contribution in [2.24, 2.45) is 0 Å². The number of unbranched alkanes of at least 4 members (excludes halogenated alkanes) is 1. The Morgan fingerprint density at radius 3 is 2.52 bits per heavy atom. The van der Waals surface area contributed by atoms with Crippen LogP contribution in [0.3, 0.4) is 0 Å². The number of aryl methyl sites for hydroxylation is 1. The van der Waals surface area contributed by atoms with Crippen LogP contribution in [0.15, 0.2) is 55.1 Å². The van der Waals surface area contributed by atoms with Crippen LogP contribution in [-0.2, 0) is 15.1 Å². The lowest BCUT2D eigenvalue weighted by Crippen LogP contribution is -2.27. The molecule has 25 heavy (non-hydrogen) atoms. The maximum atomic E-state index is 14.8. The van der Waals surface area contributed by atoms with Gasteiger partial charge in [0, 0.05) is 26.4 Å². The predicted octanol–water partition coefficient (Wildman–Crippen LogP) is 5.65. The SMILES string of the molecule is C=CC(CCCCOC)(OC)c1cccc(F)c1-c1cccc(C)c1. The minimum absolute atomic E-state index is 0.247. The molecule has 0 radical (unpaired) electrons. The third-order valence-corrected chi connectivity index (χ3v) is 4.62. The summed E-state index contributed by atoms with van der Waals surface area (Å²) in [6.45, 7) is 6.69. The van der Waals surface area contributed by atoms with Gasteiger partial charge >= 0.3 is 0 Å². The normalized spacial score (nSPS) is 13.4. The maximum Gasteiger partial charge on any atom is 0.131 e. The fourth-order valence-corrected chi connectivity index (χ4v) is 3.25. The van der Waals surface area contributed by atoms with Crippen molar-refractivity contribution in [3.05, 3.63) is 72.1 Å². The topological polar surface area (TPSA) is 18.5 Å². The molecule has 2 nitrogen and oxygen atoms in total. The number of methoxy groups -OCH3 is 2. The summed E-state index contributed by atoms with van der Waals surface area (Å²) in [4.78, 5) is 0. The highest BCUT2D eigenvalue weighted by Crippen LogP contribution is 2.40. The first-order valence-corrected chi connectivity index (χ1v) is 8.61. The van der Waals surface area contributed by atoms with Gasteiger partial charge in [-0.25, -0.2) is 4.39 Å². The molecule has 134 valence electrons. The molecular weight excluding hydrogens is 315 g/mol. The minimum Gasteiger partial charge on any atom is -0.385 e. The first-order valence-electron chi connectivity index (χ1n) is 8.61. The van der Waals surface area contributed by atoms with Gasteiger partial charge in [-0.1, -0.05) is 54.6 Å². The van der Waals surface area contributed by atoms with Gasteiger partial charge in [0.1, 0.15) is 11.4 Å². The number of benzene rings is 2. The number of hydrogen-bond acceptors (Lipinski definition) is 2. The second-order valence-corrected chi connectivity index (χ2v) is 6.28. The summed E-state index contributed by atoms with van der Waals surface area (Å²) in [6.07, 6.45) is 4.33. The lowest BCUT2D eigenvalue weighted by molar-refractivity contribution is 0.0185. The van der Waals surface area contributed by atoms with E-state index in [9.17, 15) is 4.39 Å². The van der Waals surface area contributed by atoms with Crippen molar-refractivity contribution < 1.29 is 13.9 Å². The van der Waals surface area contributed by atoms with Gasteiger partial charge in [-0.2, -0.15) is 0 Å². The van der Waals surface area contributed by atoms with Crippen LogP contribution in [0.5, 0.6) is 0 Å². The molecule has 1 unspecified atom stereocenters. The van der Waals surface area contributed by atoms with E-state index < -0.39 is 5.60 Å². The lowest BCUT2D eigenvalue weighted by Gasteiger charge is -2.32. The number of halogens is 1. The highest BCUT2D eigenvalue weighted by molar-refractivity contribution is 5.70. The van der Waals surface area contributed by atoms with E-state index >= 15 is 0 Å². The molecule has 0 amide bonds. The molecule has 3 heteroatoms. The second kappa shape index (κ2) is 8.93. The van der Waals surface area contributed by atoms with E-state index in [0.717, 1.165) is 36.0 Å². The minimum atomic E-state index is -0.727. The zero-order valence-electron chi connectivity index (χ0n) is 15.3. The van der Waals surface area contributed by atoms with Crippen LogP contribution in [0.4, 0.5) is 4.39 Å². The third kappa shape index (κ3) is 4.36. The van der Waals surface area contributed by atoms with Crippen molar-refractivity contribution in [2.45, 2.75) is 31.8 Å². The van der Waals surface area contributed by atoms with Gasteiger partial charge in [0.2, 0.25) is 0 Å². The Labute approximate surface area is 150 Å². The largest absolute Gasteiger partial charge is 0.385 e. The summed E-state index contributed by atoms with van der Waals surface area (Å²) in [5.41, 5.74) is 2.61. The lowest BCUT2D eigenvalue weighted by atomic mass is 9.83. The van der Waals surface area contributed by atoms with Crippen molar-refractivity contribution in [2.75, 3.05) is 20.8 Å². The van der Waals surface area contributed by atoms with Gasteiger partial charge in [0.25, 0.3) is 0 Å². The molecule has 1 atom stereocenters. The Balaban J connectivity index is 2.51. The highest BCUT2D eigenvalue weighted by Gasteiger charge is 2.32. The van der Waals surface area contributed by atoms with Gasteiger partial charge in [0.05, 0.1) is 0 Å². The smallest absolute Gasteiger partial charge is 0.131 e. The zero-order chi connectivity index (χ0) is 18.3. The fourth-order valence-electron chi connectivity index (χ4n) is 3.25. The van der Waals surface area contributed by atoms with Gasteiger partial charge in [-0.15, -0.1) is 0 Å². The Morgan fingerprint density at radius 1 is 1.12 bits per heavy atom. The number of rotatable bonds is 9. The van der Waals surface area contributed by atoms with Gasteiger partial charge in [-0.05, 0) is 43.4 Å². The predicted molar refractivity (Wildman–Crippen MR) is 101 cm³/mol. The summed E-state index contributed by atoms with van der Waals surface area (Å²) in [5.74, 6) is -0.247. The van der Waals surface area contributed by atoms with E-state index in [4.69, 9.17) is 9.47 Å². The van der Waals surface area contributed by atoms with E-state index in [0.29, 0.717) is 12.2 Å². The first-order chi connectivity index (χ1) is 12.1. The van der Waals surface area contributed by atoms with E-state index in [2.05, 4.69) is 6.58 Å². The molecule has 0 spiro atoms. The molecular formula is C22H27FO2. The summed E-state index contributed by atoms with van der Waals surface area (Å²) >= 11 is 0. The van der Waals surface area contributed by atoms with Crippen molar-refractivity contribution in [3.63, 3.8) is 0 Å². The Kier molecular flexibility index (Phi) is 6.91. The Morgan fingerprint density at radius 2 is 1.88 bits per heavy atom. The first kappa shape index (κ1) is 19.4. The third-order valence-electron chi connectivity index (χ3n) is 4.62. The monoisotopic (exact) mass is 342 g/mol. The summed E-state index contributed by atoms with van der Waals surface area (Å²) in [7, 11) is 3.35. The van der Waals surface area contributed by atoms with Crippen LogP contribution in [0, 0.1) is 12.7 Å². The molecule has 0 aliphatic heterocycles. The molecule has 0 saturated heterocycles. The molecule has 0 fully saturated rings. The fraction of sp³-hybridized carbons (Fsp3) is 0.364. The molecule has 0 heterocycles. The second-order valence-electron chi connectivity index (χ2n) is 6.28. The molecule has 0 bridgehead atoms. The average molecular weight is 342 g/mol. The molecule has 2 aromatic rings. The van der Waals surface area contributed by atoms with Crippen molar-refractivity contribution in [1.82, 2.24) is 0 Å². The molecule has 2 rings (SSSR count). The molecule has 0 aliphatic carbocycles. The Bertz CT molecular complexity index is 711. The van der Waals surface area contributed by atoms with Crippen molar-refractivity contribution in [1.29, 1.82) is 0 Å². The zero-order valence-corrected chi connectivity index (χ0v) is 15.3. The maximum absolute atomic E-state index is 14.8. The van der Waals surface area contributed by atoms with Crippen molar-refractivity contribution >= 4 is 0 Å². The van der Waals surface area contributed by atoms with E-state index in [-0.39, 0.29) is 5.82 Å². The quantitative estimate of drug-likeness (QED) is 0.433. The van der Waals surface area contributed by atoms with Crippen molar-refractivity contribution in [3.8, 4) is 11.1 Å². The average Bonchev–Trinajstić information content (AvgIpc) is 2.62. The van der Waals surface area contributed by atoms with E-state index in [1.54, 1.807) is 26.4 Å². The molecule has 2 aromatic carbocycles. The molecule has 0 saturated carbocycles. The number of hydrogen-bond donors (Lipinski definition) is 0. The molecule has 0 N–H and O–H groups in total. The summed E-state index contributed by atoms with van der Waals surface area (Å²) in [5, 5.41) is 0. The van der Waals surface area contributed by atoms with Crippen LogP contribution in [0.2, 0.25) is 0 Å². The van der Waals surface area contributed by atoms with Crippen LogP contribution in [0.25, 0.3) is 11.1 Å². The molecule has 0 aromatic heterocycles. The Hall–Kier alpha value is -1.97. The summed E-state index contributed by atoms with van der Waals surface area (Å²) < 4.78 is 25.8. The van der Waals surface area contributed by atoms with Crippen LogP contribution in [0.1, 0.15) is 30.4 Å². The summed E-state index contributed by atoms with van der Waals surface area (Å²) in [6, 6.07) is 13.0. The molecule has 0 aliphatic rings. The van der Waals surface area contributed by atoms with Crippen LogP contribution < -0.4 is 0 Å². The van der Waals surface area contributed by atoms with E-state index in [1.165, 1.54) is 6.07 Å². The van der Waals surface area contributed by atoms with Gasteiger partial charge in [-0.3, -0.25) is 0 Å². The van der Waals surface area contributed by atoms with Crippen LogP contribution in [-0.4, -0.2) is 20.8 Å². The highest BCUT2D eigenvalue weighted by atomic mass is 19.1. The van der Waals surface area contributed by atoms with Crippen LogP contribution >= 0.6 is 0 Å². The van der Waals surface area contributed by atoms with E-state index in [1.807, 2.05) is 37.3 Å². The number of ether oxygens (including phenoxy) is 2. The standard InChI is InChI=1S/C22H27FO2/c1-5-22(25-4,14-6-7-15-24-3)19-12-9-13-20(23)21(19)18-11-8-10-17(2)16-18/h5,8-13,16H,1,6-7,14-15H2,2-4H3. The van der Waals surface area contributed by atoms with Gasteiger partial charge < -0.3 is 9.47 Å².